The molecule has 0 aliphatic rings. The number of alkyl halides is 2. The molecule has 0 heterocycles. The summed E-state index contributed by atoms with van der Waals surface area (Å²) in [5.41, 5.74) is 1.52. The normalized spacial score (nSPS) is 12.3. The summed E-state index contributed by atoms with van der Waals surface area (Å²) < 4.78 is 33.6. The topological polar surface area (TPSA) is 9.23 Å². The van der Waals surface area contributed by atoms with Gasteiger partial charge in [0.15, 0.2) is 0 Å². The average Bonchev–Trinajstić information content (AvgIpc) is 2.27. The summed E-state index contributed by atoms with van der Waals surface area (Å²) in [6, 6.07) is 3.31. The first kappa shape index (κ1) is 14.9. The van der Waals surface area contributed by atoms with Crippen LogP contribution in [0.2, 0.25) is 0 Å². The minimum absolute atomic E-state index is 0.113. The van der Waals surface area contributed by atoms with Crippen molar-refractivity contribution in [2.45, 2.75) is 46.5 Å². The van der Waals surface area contributed by atoms with E-state index in [9.17, 15) is 8.78 Å². The predicted octanol–water partition coefficient (Wildman–Crippen LogP) is 4.87. The maximum Gasteiger partial charge on any atom is 0.275 e. The molecule has 1 nitrogen and oxygen atoms in total. The van der Waals surface area contributed by atoms with Crippen molar-refractivity contribution < 1.29 is 13.5 Å². The third-order valence-corrected chi connectivity index (χ3v) is 3.28. The zero-order valence-corrected chi connectivity index (χ0v) is 12.0. The number of hydrogen-bond acceptors (Lipinski definition) is 1. The molecule has 0 N–H and O–H groups in total. The Kier molecular flexibility index (Phi) is 4.36. The first-order valence-electron chi connectivity index (χ1n) is 6.28. The molecule has 102 valence electrons. The SMILES string of the molecule is COc1cc(C)c(C(F)(F)C(C)C)cc1C(C)C. The van der Waals surface area contributed by atoms with Gasteiger partial charge >= 0.3 is 0 Å². The van der Waals surface area contributed by atoms with Gasteiger partial charge in [-0.3, -0.25) is 0 Å². The van der Waals surface area contributed by atoms with E-state index in [0.29, 0.717) is 11.3 Å². The van der Waals surface area contributed by atoms with Gasteiger partial charge in [-0.15, -0.1) is 0 Å². The van der Waals surface area contributed by atoms with E-state index < -0.39 is 11.8 Å². The predicted molar refractivity (Wildman–Crippen MR) is 70.6 cm³/mol. The Morgan fingerprint density at radius 3 is 2.06 bits per heavy atom. The maximum atomic E-state index is 14.2. The molecule has 0 saturated heterocycles. The second-order valence-electron chi connectivity index (χ2n) is 5.34. The minimum Gasteiger partial charge on any atom is -0.496 e. The summed E-state index contributed by atoms with van der Waals surface area (Å²) in [4.78, 5) is 0. The summed E-state index contributed by atoms with van der Waals surface area (Å²) in [6.45, 7) is 8.74. The molecular weight excluding hydrogens is 234 g/mol. The van der Waals surface area contributed by atoms with Crippen molar-refractivity contribution in [3.05, 3.63) is 28.8 Å². The molecule has 18 heavy (non-hydrogen) atoms. The fraction of sp³-hybridized carbons (Fsp3) is 0.600. The molecule has 0 unspecified atom stereocenters. The lowest BCUT2D eigenvalue weighted by Gasteiger charge is -2.25. The molecule has 3 heteroatoms. The molecule has 0 radical (unpaired) electrons. The maximum absolute atomic E-state index is 14.2. The van der Waals surface area contributed by atoms with Crippen LogP contribution >= 0.6 is 0 Å². The van der Waals surface area contributed by atoms with Crippen LogP contribution in [0.15, 0.2) is 12.1 Å². The molecule has 1 aromatic carbocycles. The number of ether oxygens (including phenoxy) is 1. The van der Waals surface area contributed by atoms with Crippen molar-refractivity contribution in [2.24, 2.45) is 5.92 Å². The van der Waals surface area contributed by atoms with Gasteiger partial charge in [0.05, 0.1) is 7.11 Å². The Labute approximate surface area is 108 Å². The number of methoxy groups -OCH3 is 1. The summed E-state index contributed by atoms with van der Waals surface area (Å²) in [5.74, 6) is -2.68. The van der Waals surface area contributed by atoms with E-state index >= 15 is 0 Å². The van der Waals surface area contributed by atoms with E-state index in [-0.39, 0.29) is 11.5 Å². The lowest BCUT2D eigenvalue weighted by molar-refractivity contribution is -0.0520. The Bertz CT molecular complexity index is 423. The Morgan fingerprint density at radius 2 is 1.67 bits per heavy atom. The lowest BCUT2D eigenvalue weighted by atomic mass is 9.89. The number of halogens is 2. The quantitative estimate of drug-likeness (QED) is 0.746. The Morgan fingerprint density at radius 1 is 1.11 bits per heavy atom. The van der Waals surface area contributed by atoms with Gasteiger partial charge in [-0.1, -0.05) is 27.7 Å². The van der Waals surface area contributed by atoms with Gasteiger partial charge in [-0.25, -0.2) is 8.78 Å². The second kappa shape index (κ2) is 5.25. The molecule has 1 aromatic rings. The number of rotatable bonds is 4. The lowest BCUT2D eigenvalue weighted by Crippen LogP contribution is -2.22. The zero-order valence-electron chi connectivity index (χ0n) is 12.0. The van der Waals surface area contributed by atoms with Crippen molar-refractivity contribution in [2.75, 3.05) is 7.11 Å². The Balaban J connectivity index is 3.43. The second-order valence-corrected chi connectivity index (χ2v) is 5.34. The van der Waals surface area contributed by atoms with Crippen molar-refractivity contribution in [3.63, 3.8) is 0 Å². The standard InChI is InChI=1S/C15H22F2O/c1-9(2)12-8-13(15(16,17)10(3)4)11(5)7-14(12)18-6/h7-10H,1-6H3. The van der Waals surface area contributed by atoms with Crippen LogP contribution in [0, 0.1) is 12.8 Å². The van der Waals surface area contributed by atoms with E-state index in [4.69, 9.17) is 4.74 Å². The first-order valence-corrected chi connectivity index (χ1v) is 6.28. The van der Waals surface area contributed by atoms with Gasteiger partial charge in [-0.2, -0.15) is 0 Å². The first-order chi connectivity index (χ1) is 8.21. The summed E-state index contributed by atoms with van der Waals surface area (Å²) >= 11 is 0. The van der Waals surface area contributed by atoms with E-state index in [1.54, 1.807) is 40.0 Å². The molecule has 0 spiro atoms. The fourth-order valence-electron chi connectivity index (χ4n) is 2.00. The van der Waals surface area contributed by atoms with Crippen molar-refractivity contribution in [1.29, 1.82) is 0 Å². The molecule has 0 amide bonds. The monoisotopic (exact) mass is 256 g/mol. The molecule has 1 rings (SSSR count). The largest absolute Gasteiger partial charge is 0.496 e. The van der Waals surface area contributed by atoms with Crippen LogP contribution in [0.25, 0.3) is 0 Å². The number of benzene rings is 1. The Hall–Kier alpha value is -1.12. The van der Waals surface area contributed by atoms with Crippen molar-refractivity contribution in [3.8, 4) is 5.75 Å². The molecule has 0 aromatic heterocycles. The molecule has 0 bridgehead atoms. The fourth-order valence-corrected chi connectivity index (χ4v) is 2.00. The highest BCUT2D eigenvalue weighted by Crippen LogP contribution is 2.41. The highest BCUT2D eigenvalue weighted by molar-refractivity contribution is 5.45. The van der Waals surface area contributed by atoms with Crippen molar-refractivity contribution >= 4 is 0 Å². The summed E-state index contributed by atoms with van der Waals surface area (Å²) in [7, 11) is 1.57. The minimum atomic E-state index is -2.81. The summed E-state index contributed by atoms with van der Waals surface area (Å²) in [6.07, 6.45) is 0. The van der Waals surface area contributed by atoms with E-state index in [1.165, 1.54) is 0 Å². The number of hydrogen-bond donors (Lipinski definition) is 0. The van der Waals surface area contributed by atoms with Crippen LogP contribution in [0.1, 0.15) is 50.3 Å². The van der Waals surface area contributed by atoms with Crippen LogP contribution in [0.3, 0.4) is 0 Å². The third-order valence-electron chi connectivity index (χ3n) is 3.28. The molecule has 0 aliphatic carbocycles. The average molecular weight is 256 g/mol. The van der Waals surface area contributed by atoms with Crippen LogP contribution < -0.4 is 4.74 Å². The van der Waals surface area contributed by atoms with Crippen molar-refractivity contribution in [1.82, 2.24) is 0 Å². The van der Waals surface area contributed by atoms with Crippen LogP contribution in [-0.4, -0.2) is 7.11 Å². The molecular formula is C15H22F2O. The zero-order chi connectivity index (χ0) is 14.1. The van der Waals surface area contributed by atoms with Crippen LogP contribution in [-0.2, 0) is 5.92 Å². The van der Waals surface area contributed by atoms with Gasteiger partial charge in [0.2, 0.25) is 0 Å². The molecule has 0 saturated carbocycles. The number of aryl methyl sites for hydroxylation is 1. The molecule has 0 atom stereocenters. The van der Waals surface area contributed by atoms with E-state index in [1.807, 2.05) is 13.8 Å². The van der Waals surface area contributed by atoms with Crippen LogP contribution in [0.5, 0.6) is 5.75 Å². The molecule has 0 fully saturated rings. The highest BCUT2D eigenvalue weighted by Gasteiger charge is 2.37. The van der Waals surface area contributed by atoms with Gasteiger partial charge < -0.3 is 4.74 Å². The molecule has 0 aliphatic heterocycles. The third kappa shape index (κ3) is 2.65. The van der Waals surface area contributed by atoms with E-state index in [0.717, 1.165) is 5.56 Å². The van der Waals surface area contributed by atoms with Gasteiger partial charge in [0, 0.05) is 11.5 Å². The van der Waals surface area contributed by atoms with Crippen LogP contribution in [0.4, 0.5) is 8.78 Å². The van der Waals surface area contributed by atoms with Gasteiger partial charge in [-0.05, 0) is 36.1 Å². The highest BCUT2D eigenvalue weighted by atomic mass is 19.3. The smallest absolute Gasteiger partial charge is 0.275 e. The summed E-state index contributed by atoms with van der Waals surface area (Å²) in [5, 5.41) is 0. The van der Waals surface area contributed by atoms with Gasteiger partial charge in [0.1, 0.15) is 5.75 Å². The van der Waals surface area contributed by atoms with Gasteiger partial charge in [0.25, 0.3) is 5.92 Å². The van der Waals surface area contributed by atoms with E-state index in [2.05, 4.69) is 0 Å².